The average molecular weight is 309 g/mol. The summed E-state index contributed by atoms with van der Waals surface area (Å²) < 4.78 is 1.29. The summed E-state index contributed by atoms with van der Waals surface area (Å²) in [6.07, 6.45) is 5.30. The first-order chi connectivity index (χ1) is 8.86. The van der Waals surface area contributed by atoms with Gasteiger partial charge in [0.25, 0.3) is 0 Å². The van der Waals surface area contributed by atoms with Crippen LogP contribution in [0.25, 0.3) is 0 Å². The Morgan fingerprint density at radius 3 is 2.72 bits per heavy atom. The molecule has 0 amide bonds. The maximum Gasteiger partial charge on any atom is 0.0413 e. The number of hydrogen-bond donors (Lipinski definition) is 1. The molecule has 3 rings (SSSR count). The van der Waals surface area contributed by atoms with Crippen molar-refractivity contribution < 1.29 is 0 Å². The first-order valence-electron chi connectivity index (χ1n) is 7.10. The van der Waals surface area contributed by atoms with E-state index in [0.29, 0.717) is 5.92 Å². The maximum atomic E-state index is 3.78. The van der Waals surface area contributed by atoms with Gasteiger partial charge in [-0.2, -0.15) is 0 Å². The van der Waals surface area contributed by atoms with Gasteiger partial charge in [-0.3, -0.25) is 0 Å². The molecule has 2 heterocycles. The fraction of sp³-hybridized carbons (Fsp3) is 0.600. The Balaban J connectivity index is 1.94. The Kier molecular flexibility index (Phi) is 3.90. The van der Waals surface area contributed by atoms with Crippen molar-refractivity contribution in [1.29, 1.82) is 0 Å². The second-order valence-electron chi connectivity index (χ2n) is 5.41. The van der Waals surface area contributed by atoms with Crippen molar-refractivity contribution >= 4 is 21.6 Å². The molecule has 2 fully saturated rings. The molecule has 18 heavy (non-hydrogen) atoms. The largest absolute Gasteiger partial charge is 0.371 e. The van der Waals surface area contributed by atoms with Gasteiger partial charge in [0.1, 0.15) is 0 Å². The van der Waals surface area contributed by atoms with Crippen LogP contribution in [0, 0.1) is 0 Å². The highest BCUT2D eigenvalue weighted by atomic mass is 79.9. The van der Waals surface area contributed by atoms with Crippen LogP contribution in [0.4, 0.5) is 5.69 Å². The summed E-state index contributed by atoms with van der Waals surface area (Å²) in [6, 6.07) is 6.68. The Morgan fingerprint density at radius 1 is 1.17 bits per heavy atom. The topological polar surface area (TPSA) is 15.3 Å². The molecule has 2 aliphatic rings. The maximum absolute atomic E-state index is 3.78. The van der Waals surface area contributed by atoms with Crippen LogP contribution in [-0.4, -0.2) is 26.2 Å². The molecule has 0 aliphatic carbocycles. The fourth-order valence-electron chi connectivity index (χ4n) is 3.26. The zero-order valence-electron chi connectivity index (χ0n) is 10.8. The number of nitrogens with zero attached hydrogens (tertiary/aromatic N) is 1. The summed E-state index contributed by atoms with van der Waals surface area (Å²) in [4.78, 5) is 2.56. The smallest absolute Gasteiger partial charge is 0.0413 e. The first-order valence-corrected chi connectivity index (χ1v) is 7.89. The van der Waals surface area contributed by atoms with Crippen LogP contribution in [0.3, 0.4) is 0 Å². The van der Waals surface area contributed by atoms with Gasteiger partial charge in [-0.15, -0.1) is 0 Å². The number of halogens is 1. The highest BCUT2D eigenvalue weighted by Crippen LogP contribution is 2.38. The Morgan fingerprint density at radius 2 is 2.00 bits per heavy atom. The lowest BCUT2D eigenvalue weighted by Crippen LogP contribution is -2.30. The molecular formula is C15H21BrN2. The van der Waals surface area contributed by atoms with Crippen LogP contribution in [0.2, 0.25) is 0 Å². The molecule has 1 aromatic carbocycles. The SMILES string of the molecule is Brc1cccc(N2CCCC2)c1C1CCCNC1. The highest BCUT2D eigenvalue weighted by molar-refractivity contribution is 9.10. The molecular weight excluding hydrogens is 288 g/mol. The van der Waals surface area contributed by atoms with Crippen molar-refractivity contribution in [2.24, 2.45) is 0 Å². The van der Waals surface area contributed by atoms with Crippen LogP contribution in [-0.2, 0) is 0 Å². The number of piperidine rings is 1. The molecule has 2 aliphatic heterocycles. The number of nitrogens with one attached hydrogen (secondary N) is 1. The number of rotatable bonds is 2. The van der Waals surface area contributed by atoms with Gasteiger partial charge >= 0.3 is 0 Å². The summed E-state index contributed by atoms with van der Waals surface area (Å²) in [5, 5.41) is 3.54. The molecule has 3 heteroatoms. The average Bonchev–Trinajstić information content (AvgIpc) is 2.93. The van der Waals surface area contributed by atoms with E-state index in [4.69, 9.17) is 0 Å². The molecule has 98 valence electrons. The van der Waals surface area contributed by atoms with Crippen LogP contribution in [0.15, 0.2) is 22.7 Å². The van der Waals surface area contributed by atoms with Gasteiger partial charge in [-0.25, -0.2) is 0 Å². The molecule has 0 aromatic heterocycles. The van der Waals surface area contributed by atoms with Gasteiger partial charge in [-0.05, 0) is 55.8 Å². The van der Waals surface area contributed by atoms with Gasteiger partial charge in [0.2, 0.25) is 0 Å². The van der Waals surface area contributed by atoms with Gasteiger partial charge in [0, 0.05) is 29.8 Å². The van der Waals surface area contributed by atoms with E-state index in [1.165, 1.54) is 61.0 Å². The molecule has 0 saturated carbocycles. The minimum atomic E-state index is 0.671. The third kappa shape index (κ3) is 2.43. The lowest BCUT2D eigenvalue weighted by Gasteiger charge is -2.30. The molecule has 1 unspecified atom stereocenters. The third-order valence-corrected chi connectivity index (χ3v) is 4.87. The van der Waals surface area contributed by atoms with Crippen molar-refractivity contribution in [1.82, 2.24) is 5.32 Å². The molecule has 1 aromatic rings. The Bertz CT molecular complexity index is 407. The summed E-state index contributed by atoms with van der Waals surface area (Å²) in [6.45, 7) is 4.76. The first kappa shape index (κ1) is 12.5. The third-order valence-electron chi connectivity index (χ3n) is 4.18. The Hall–Kier alpha value is -0.540. The number of hydrogen-bond acceptors (Lipinski definition) is 2. The zero-order valence-corrected chi connectivity index (χ0v) is 12.4. The predicted octanol–water partition coefficient (Wildman–Crippen LogP) is 3.52. The van der Waals surface area contributed by atoms with Crippen LogP contribution in [0.5, 0.6) is 0 Å². The fourth-order valence-corrected chi connectivity index (χ4v) is 3.94. The van der Waals surface area contributed by atoms with Crippen LogP contribution in [0.1, 0.15) is 37.2 Å². The predicted molar refractivity (Wildman–Crippen MR) is 80.4 cm³/mol. The highest BCUT2D eigenvalue weighted by Gasteiger charge is 2.24. The van der Waals surface area contributed by atoms with Crippen LogP contribution >= 0.6 is 15.9 Å². The van der Waals surface area contributed by atoms with Crippen molar-refractivity contribution in [2.75, 3.05) is 31.1 Å². The monoisotopic (exact) mass is 308 g/mol. The van der Waals surface area contributed by atoms with Gasteiger partial charge in [-0.1, -0.05) is 22.0 Å². The van der Waals surface area contributed by atoms with E-state index in [1.54, 1.807) is 0 Å². The molecule has 0 radical (unpaired) electrons. The molecule has 1 atom stereocenters. The minimum Gasteiger partial charge on any atom is -0.371 e. The quantitative estimate of drug-likeness (QED) is 0.899. The second kappa shape index (κ2) is 5.62. The number of benzene rings is 1. The zero-order chi connectivity index (χ0) is 12.4. The lowest BCUT2D eigenvalue weighted by atomic mass is 9.90. The van der Waals surface area contributed by atoms with E-state index in [0.717, 1.165) is 6.54 Å². The summed E-state index contributed by atoms with van der Waals surface area (Å²) in [5.41, 5.74) is 3.00. The molecule has 1 N–H and O–H groups in total. The van der Waals surface area contributed by atoms with Crippen LogP contribution < -0.4 is 10.2 Å². The van der Waals surface area contributed by atoms with E-state index in [-0.39, 0.29) is 0 Å². The summed E-state index contributed by atoms with van der Waals surface area (Å²) in [5.74, 6) is 0.671. The van der Waals surface area contributed by atoms with E-state index in [1.807, 2.05) is 0 Å². The molecule has 0 spiro atoms. The van der Waals surface area contributed by atoms with Gasteiger partial charge in [0.15, 0.2) is 0 Å². The van der Waals surface area contributed by atoms with Gasteiger partial charge in [0.05, 0.1) is 0 Å². The van der Waals surface area contributed by atoms with E-state index >= 15 is 0 Å². The van der Waals surface area contributed by atoms with Crippen molar-refractivity contribution in [2.45, 2.75) is 31.6 Å². The molecule has 2 saturated heterocycles. The molecule has 2 nitrogen and oxygen atoms in total. The summed E-state index contributed by atoms with van der Waals surface area (Å²) in [7, 11) is 0. The molecule has 0 bridgehead atoms. The summed E-state index contributed by atoms with van der Waals surface area (Å²) >= 11 is 3.78. The van der Waals surface area contributed by atoms with Crippen molar-refractivity contribution in [3.63, 3.8) is 0 Å². The standard InChI is InChI=1S/C15H21BrN2/c16-13-6-3-7-14(18-9-1-2-10-18)15(13)12-5-4-8-17-11-12/h3,6-7,12,17H,1-2,4-5,8-11H2. The Labute approximate surface area is 118 Å². The van der Waals surface area contributed by atoms with E-state index in [2.05, 4.69) is 44.3 Å². The van der Waals surface area contributed by atoms with Crippen molar-refractivity contribution in [3.05, 3.63) is 28.2 Å². The lowest BCUT2D eigenvalue weighted by molar-refractivity contribution is 0.460. The van der Waals surface area contributed by atoms with Gasteiger partial charge < -0.3 is 10.2 Å². The number of anilines is 1. The normalized spacial score (nSPS) is 24.5. The van der Waals surface area contributed by atoms with Crippen molar-refractivity contribution in [3.8, 4) is 0 Å². The van der Waals surface area contributed by atoms with E-state index in [9.17, 15) is 0 Å². The van der Waals surface area contributed by atoms with E-state index < -0.39 is 0 Å². The minimum absolute atomic E-state index is 0.671. The second-order valence-corrected chi connectivity index (χ2v) is 6.26.